The average molecular weight is 538 g/mol. The van der Waals surface area contributed by atoms with Crippen molar-refractivity contribution in [2.75, 3.05) is 10.7 Å². The van der Waals surface area contributed by atoms with Crippen molar-refractivity contribution in [3.63, 3.8) is 0 Å². The number of anilines is 1. The summed E-state index contributed by atoms with van der Waals surface area (Å²) in [6.45, 7) is 0.423. The summed E-state index contributed by atoms with van der Waals surface area (Å²) in [5.41, 5.74) is 8.50. The fourth-order valence-corrected chi connectivity index (χ4v) is 4.57. The number of hydrogen-bond donors (Lipinski definition) is 2. The summed E-state index contributed by atoms with van der Waals surface area (Å²) in [6, 6.07) is 19.1. The van der Waals surface area contributed by atoms with Gasteiger partial charge in [0.25, 0.3) is 5.91 Å². The lowest BCUT2D eigenvalue weighted by Gasteiger charge is -2.25. The highest BCUT2D eigenvalue weighted by molar-refractivity contribution is 7.99. The second kappa shape index (κ2) is 11.7. The molecule has 0 spiro atoms. The van der Waals surface area contributed by atoms with Crippen molar-refractivity contribution < 1.29 is 27.5 Å². The molecule has 0 aromatic heterocycles. The molecule has 190 valence electrons. The number of rotatable bonds is 6. The number of nitrogens with zero attached hydrogens (tertiary/aromatic N) is 1. The number of alkyl halides is 3. The number of carbonyl (C=O) groups excluding carboxylic acids is 2. The van der Waals surface area contributed by atoms with E-state index in [-0.39, 0.29) is 36.5 Å². The van der Waals surface area contributed by atoms with Gasteiger partial charge in [0.1, 0.15) is 5.75 Å². The Morgan fingerprint density at radius 1 is 1.06 bits per heavy atom. The minimum absolute atomic E-state index is 0. The van der Waals surface area contributed by atoms with Gasteiger partial charge in [0.2, 0.25) is 5.91 Å². The quantitative estimate of drug-likeness (QED) is 0.467. The van der Waals surface area contributed by atoms with E-state index in [1.807, 2.05) is 30.3 Å². The molecular formula is C25H23ClF3N3O3S. The van der Waals surface area contributed by atoms with Crippen molar-refractivity contribution in [3.05, 3.63) is 89.5 Å². The third kappa shape index (κ3) is 6.93. The first kappa shape index (κ1) is 27.4. The highest BCUT2D eigenvalue weighted by Gasteiger charge is 2.32. The summed E-state index contributed by atoms with van der Waals surface area (Å²) in [4.78, 5) is 28.1. The molecule has 11 heteroatoms. The first-order valence-corrected chi connectivity index (χ1v) is 11.7. The normalized spacial score (nSPS) is 15.4. The molecule has 1 heterocycles. The highest BCUT2D eigenvalue weighted by Crippen LogP contribution is 2.36. The number of nitrogens with two attached hydrogens (primary N) is 1. The molecule has 0 saturated heterocycles. The predicted molar refractivity (Wildman–Crippen MR) is 134 cm³/mol. The van der Waals surface area contributed by atoms with Crippen molar-refractivity contribution in [3.8, 4) is 5.75 Å². The maximum absolute atomic E-state index is 13.1. The van der Waals surface area contributed by atoms with E-state index in [0.717, 1.165) is 10.5 Å². The molecule has 0 radical (unpaired) electrons. The number of fused-ring (bicyclic) bond motifs is 1. The van der Waals surface area contributed by atoms with Crippen LogP contribution in [0.1, 0.15) is 21.5 Å². The minimum atomic E-state index is -4.79. The third-order valence-corrected chi connectivity index (χ3v) is 6.49. The molecule has 0 aliphatic carbocycles. The van der Waals surface area contributed by atoms with E-state index in [0.29, 0.717) is 29.1 Å². The molecule has 3 aromatic carbocycles. The topological polar surface area (TPSA) is 84.7 Å². The van der Waals surface area contributed by atoms with Crippen LogP contribution in [0, 0.1) is 0 Å². The second-order valence-corrected chi connectivity index (χ2v) is 8.95. The monoisotopic (exact) mass is 537 g/mol. The van der Waals surface area contributed by atoms with Crippen molar-refractivity contribution in [2.24, 2.45) is 5.73 Å². The van der Waals surface area contributed by atoms with Crippen LogP contribution in [0.25, 0.3) is 0 Å². The van der Waals surface area contributed by atoms with Crippen molar-refractivity contribution in [1.29, 1.82) is 0 Å². The molecule has 3 N–H and O–H groups in total. The van der Waals surface area contributed by atoms with Crippen LogP contribution < -0.4 is 20.7 Å². The Balaban J connectivity index is 0.00000361. The van der Waals surface area contributed by atoms with Crippen LogP contribution in [0.4, 0.5) is 18.9 Å². The molecule has 0 unspecified atom stereocenters. The van der Waals surface area contributed by atoms with Gasteiger partial charge in [0.05, 0.1) is 18.3 Å². The van der Waals surface area contributed by atoms with E-state index in [1.165, 1.54) is 40.9 Å². The number of benzene rings is 3. The summed E-state index contributed by atoms with van der Waals surface area (Å²) < 4.78 is 41.3. The maximum atomic E-state index is 13.1. The van der Waals surface area contributed by atoms with E-state index < -0.39 is 12.4 Å². The Labute approximate surface area is 216 Å². The highest BCUT2D eigenvalue weighted by atomic mass is 35.5. The zero-order valence-electron chi connectivity index (χ0n) is 18.8. The second-order valence-electron chi connectivity index (χ2n) is 7.88. The minimum Gasteiger partial charge on any atom is -0.406 e. The molecule has 3 aromatic rings. The molecule has 0 bridgehead atoms. The number of ether oxygens (including phenoxy) is 1. The number of amides is 2. The molecule has 1 aliphatic heterocycles. The van der Waals surface area contributed by atoms with Gasteiger partial charge in [-0.15, -0.1) is 37.3 Å². The summed E-state index contributed by atoms with van der Waals surface area (Å²) in [6.07, 6.45) is -4.79. The Morgan fingerprint density at radius 3 is 2.42 bits per heavy atom. The van der Waals surface area contributed by atoms with Crippen LogP contribution in [-0.2, 0) is 17.9 Å². The molecule has 0 saturated carbocycles. The lowest BCUT2D eigenvalue weighted by atomic mass is 10.1. The van der Waals surface area contributed by atoms with Crippen molar-refractivity contribution in [1.82, 2.24) is 5.32 Å². The van der Waals surface area contributed by atoms with Crippen LogP contribution >= 0.6 is 24.2 Å². The first-order valence-electron chi connectivity index (χ1n) is 10.7. The number of carbonyl (C=O) groups is 2. The largest absolute Gasteiger partial charge is 0.573 e. The van der Waals surface area contributed by atoms with Crippen LogP contribution in [0.15, 0.2) is 77.7 Å². The van der Waals surface area contributed by atoms with E-state index in [9.17, 15) is 22.8 Å². The van der Waals surface area contributed by atoms with Crippen molar-refractivity contribution in [2.45, 2.75) is 30.4 Å². The molecule has 2 amide bonds. The fraction of sp³-hybridized carbons (Fsp3) is 0.200. The zero-order chi connectivity index (χ0) is 25.0. The molecular weight excluding hydrogens is 515 g/mol. The standard InChI is InChI=1S/C25H22F3N3O3S.ClH/c26-25(27,28)34-19-9-6-17(7-10-19)14-31-21-12-18(8-11-22(21)35-15-20(29)24(31)33)23(32)30-13-16-4-2-1-3-5-16;/h1-12,20H,13-15,29H2,(H,30,32);1H/t20-;/m0./s1. The van der Waals surface area contributed by atoms with E-state index >= 15 is 0 Å². The fourth-order valence-electron chi connectivity index (χ4n) is 3.58. The smallest absolute Gasteiger partial charge is 0.406 e. The lowest BCUT2D eigenvalue weighted by molar-refractivity contribution is -0.274. The molecule has 1 aliphatic rings. The van der Waals surface area contributed by atoms with Gasteiger partial charge in [-0.1, -0.05) is 42.5 Å². The molecule has 4 rings (SSSR count). The van der Waals surface area contributed by atoms with Gasteiger partial charge in [-0.25, -0.2) is 0 Å². The van der Waals surface area contributed by atoms with E-state index in [1.54, 1.807) is 18.2 Å². The van der Waals surface area contributed by atoms with Crippen LogP contribution in [0.5, 0.6) is 5.75 Å². The van der Waals surface area contributed by atoms with Crippen LogP contribution in [0.2, 0.25) is 0 Å². The summed E-state index contributed by atoms with van der Waals surface area (Å²) in [7, 11) is 0. The summed E-state index contributed by atoms with van der Waals surface area (Å²) in [5, 5.41) is 2.87. The van der Waals surface area contributed by atoms with Crippen molar-refractivity contribution >= 4 is 41.7 Å². The molecule has 1 atom stereocenters. The molecule has 6 nitrogen and oxygen atoms in total. The Hall–Kier alpha value is -3.21. The van der Waals surface area contributed by atoms with Gasteiger partial charge < -0.3 is 20.7 Å². The van der Waals surface area contributed by atoms with Crippen LogP contribution in [-0.4, -0.2) is 30.0 Å². The Morgan fingerprint density at radius 2 is 1.75 bits per heavy atom. The number of hydrogen-bond acceptors (Lipinski definition) is 5. The SMILES string of the molecule is Cl.N[C@H]1CSc2ccc(C(=O)NCc3ccccc3)cc2N(Cc2ccc(OC(F)(F)F)cc2)C1=O. The zero-order valence-corrected chi connectivity index (χ0v) is 20.5. The maximum Gasteiger partial charge on any atom is 0.573 e. The molecule has 36 heavy (non-hydrogen) atoms. The van der Waals surface area contributed by atoms with Gasteiger partial charge in [-0.2, -0.15) is 0 Å². The van der Waals surface area contributed by atoms with Gasteiger partial charge >= 0.3 is 6.36 Å². The third-order valence-electron chi connectivity index (χ3n) is 5.31. The number of halogens is 4. The van der Waals surface area contributed by atoms with Gasteiger partial charge in [0.15, 0.2) is 0 Å². The predicted octanol–water partition coefficient (Wildman–Crippen LogP) is 4.90. The van der Waals surface area contributed by atoms with E-state index in [4.69, 9.17) is 5.73 Å². The Bertz CT molecular complexity index is 1210. The van der Waals surface area contributed by atoms with Gasteiger partial charge in [0, 0.05) is 22.8 Å². The first-order chi connectivity index (χ1) is 16.7. The van der Waals surface area contributed by atoms with Crippen LogP contribution in [0.3, 0.4) is 0 Å². The number of thioether (sulfide) groups is 1. The number of nitrogens with one attached hydrogen (secondary N) is 1. The summed E-state index contributed by atoms with van der Waals surface area (Å²) in [5.74, 6) is -0.626. The van der Waals surface area contributed by atoms with E-state index in [2.05, 4.69) is 10.1 Å². The Kier molecular flexibility index (Phi) is 8.89. The lowest BCUT2D eigenvalue weighted by Crippen LogP contribution is -2.44. The average Bonchev–Trinajstić information content (AvgIpc) is 2.95. The summed E-state index contributed by atoms with van der Waals surface area (Å²) >= 11 is 1.41. The van der Waals surface area contributed by atoms with Gasteiger partial charge in [-0.05, 0) is 41.5 Å². The molecule has 0 fully saturated rings. The van der Waals surface area contributed by atoms with Gasteiger partial charge in [-0.3, -0.25) is 9.59 Å².